The zero-order valence-electron chi connectivity index (χ0n) is 9.69. The monoisotopic (exact) mass is 204 g/mol. The fourth-order valence-electron chi connectivity index (χ4n) is 1.76. The first-order chi connectivity index (χ1) is 6.41. The summed E-state index contributed by atoms with van der Waals surface area (Å²) in [5.41, 5.74) is 0. The first-order valence-corrected chi connectivity index (χ1v) is 5.43. The Kier molecular flexibility index (Phi) is 5.98. The molecule has 0 amide bonds. The molecule has 0 aliphatic heterocycles. The van der Waals surface area contributed by atoms with Gasteiger partial charge in [-0.25, -0.2) is 8.78 Å². The van der Waals surface area contributed by atoms with E-state index >= 15 is 0 Å². The highest BCUT2D eigenvalue weighted by molar-refractivity contribution is 4.93. The van der Waals surface area contributed by atoms with E-state index in [1.54, 1.807) is 6.92 Å². The zero-order chi connectivity index (χ0) is 11.2. The van der Waals surface area contributed by atoms with E-state index in [1.807, 2.05) is 6.92 Å². The van der Waals surface area contributed by atoms with E-state index in [0.717, 1.165) is 18.9 Å². The van der Waals surface area contributed by atoms with Gasteiger partial charge in [0.25, 0.3) is 5.92 Å². The molecule has 0 radical (unpaired) electrons. The van der Waals surface area contributed by atoms with E-state index in [1.165, 1.54) is 6.08 Å². The van der Waals surface area contributed by atoms with Crippen LogP contribution in [0.2, 0.25) is 0 Å². The largest absolute Gasteiger partial charge is 0.266 e. The van der Waals surface area contributed by atoms with Crippen LogP contribution in [0, 0.1) is 11.8 Å². The summed E-state index contributed by atoms with van der Waals surface area (Å²) in [7, 11) is 0. The molecule has 0 saturated carbocycles. The molecule has 0 bridgehead atoms. The van der Waals surface area contributed by atoms with Crippen LogP contribution in [-0.4, -0.2) is 5.92 Å². The minimum atomic E-state index is -2.62. The van der Waals surface area contributed by atoms with Gasteiger partial charge in [-0.15, -0.1) is 0 Å². The number of rotatable bonds is 6. The molecule has 1 unspecified atom stereocenters. The van der Waals surface area contributed by atoms with Crippen molar-refractivity contribution in [3.05, 3.63) is 12.2 Å². The van der Waals surface area contributed by atoms with Gasteiger partial charge in [0.2, 0.25) is 0 Å². The maximum absolute atomic E-state index is 13.2. The normalized spacial score (nSPS) is 15.4. The van der Waals surface area contributed by atoms with Gasteiger partial charge >= 0.3 is 0 Å². The maximum atomic E-state index is 13.2. The molecule has 0 rings (SSSR count). The lowest BCUT2D eigenvalue weighted by molar-refractivity contribution is 0.0235. The maximum Gasteiger partial charge on any atom is 0.266 e. The Hall–Kier alpha value is -0.400. The zero-order valence-corrected chi connectivity index (χ0v) is 9.69. The standard InChI is InChI=1S/C12H22F2/c1-5-7-12(13,14)9-11(6-2)8-10(3)4/h5,7,10-11H,6,8-9H2,1-4H3/b7-5+. The van der Waals surface area contributed by atoms with Crippen molar-refractivity contribution in [2.75, 3.05) is 0 Å². The van der Waals surface area contributed by atoms with Crippen LogP contribution in [0.25, 0.3) is 0 Å². The molecule has 0 aliphatic carbocycles. The summed E-state index contributed by atoms with van der Waals surface area (Å²) in [4.78, 5) is 0. The average molecular weight is 204 g/mol. The molecule has 0 aromatic heterocycles. The molecular formula is C12H22F2. The lowest BCUT2D eigenvalue weighted by atomic mass is 9.89. The molecule has 0 N–H and O–H groups in total. The van der Waals surface area contributed by atoms with Crippen molar-refractivity contribution < 1.29 is 8.78 Å². The number of hydrogen-bond acceptors (Lipinski definition) is 0. The third-order valence-electron chi connectivity index (χ3n) is 2.35. The van der Waals surface area contributed by atoms with Crippen molar-refractivity contribution in [2.24, 2.45) is 11.8 Å². The third kappa shape index (κ3) is 6.11. The molecule has 0 fully saturated rings. The van der Waals surface area contributed by atoms with Crippen LogP contribution in [0.4, 0.5) is 8.78 Å². The van der Waals surface area contributed by atoms with E-state index in [2.05, 4.69) is 13.8 Å². The minimum Gasteiger partial charge on any atom is -0.202 e. The Labute approximate surface area is 86.4 Å². The van der Waals surface area contributed by atoms with Gasteiger partial charge in [0.1, 0.15) is 0 Å². The van der Waals surface area contributed by atoms with Crippen LogP contribution < -0.4 is 0 Å². The quantitative estimate of drug-likeness (QED) is 0.552. The van der Waals surface area contributed by atoms with Gasteiger partial charge in [-0.1, -0.05) is 33.3 Å². The Morgan fingerprint density at radius 3 is 2.21 bits per heavy atom. The molecule has 0 spiro atoms. The van der Waals surface area contributed by atoms with Gasteiger partial charge in [0, 0.05) is 6.42 Å². The fourth-order valence-corrected chi connectivity index (χ4v) is 1.76. The first kappa shape index (κ1) is 13.6. The van der Waals surface area contributed by atoms with Crippen molar-refractivity contribution in [3.63, 3.8) is 0 Å². The van der Waals surface area contributed by atoms with Gasteiger partial charge in [-0.3, -0.25) is 0 Å². The second-order valence-electron chi connectivity index (χ2n) is 4.37. The lowest BCUT2D eigenvalue weighted by Gasteiger charge is -2.21. The lowest BCUT2D eigenvalue weighted by Crippen LogP contribution is -2.19. The van der Waals surface area contributed by atoms with Gasteiger partial charge < -0.3 is 0 Å². The fraction of sp³-hybridized carbons (Fsp3) is 0.833. The van der Waals surface area contributed by atoms with Crippen LogP contribution >= 0.6 is 0 Å². The predicted octanol–water partition coefficient (Wildman–Crippen LogP) is 4.66. The van der Waals surface area contributed by atoms with Crippen molar-refractivity contribution in [1.82, 2.24) is 0 Å². The summed E-state index contributed by atoms with van der Waals surface area (Å²) >= 11 is 0. The smallest absolute Gasteiger partial charge is 0.202 e. The summed E-state index contributed by atoms with van der Waals surface area (Å²) in [5, 5.41) is 0. The van der Waals surface area contributed by atoms with Crippen molar-refractivity contribution >= 4 is 0 Å². The van der Waals surface area contributed by atoms with Crippen LogP contribution in [0.15, 0.2) is 12.2 Å². The number of halogens is 2. The highest BCUT2D eigenvalue weighted by atomic mass is 19.3. The van der Waals surface area contributed by atoms with E-state index in [9.17, 15) is 8.78 Å². The van der Waals surface area contributed by atoms with Gasteiger partial charge in [0.05, 0.1) is 0 Å². The van der Waals surface area contributed by atoms with Crippen molar-refractivity contribution in [1.29, 1.82) is 0 Å². The van der Waals surface area contributed by atoms with Gasteiger partial charge in [0.15, 0.2) is 0 Å². The predicted molar refractivity (Wildman–Crippen MR) is 57.6 cm³/mol. The van der Waals surface area contributed by atoms with E-state index in [-0.39, 0.29) is 12.3 Å². The molecule has 84 valence electrons. The third-order valence-corrected chi connectivity index (χ3v) is 2.35. The topological polar surface area (TPSA) is 0 Å². The summed E-state index contributed by atoms with van der Waals surface area (Å²) in [5.74, 6) is -1.98. The second-order valence-corrected chi connectivity index (χ2v) is 4.37. The van der Waals surface area contributed by atoms with Crippen LogP contribution in [-0.2, 0) is 0 Å². The van der Waals surface area contributed by atoms with Gasteiger partial charge in [-0.2, -0.15) is 0 Å². The van der Waals surface area contributed by atoms with Crippen molar-refractivity contribution in [2.45, 2.75) is 52.9 Å². The summed E-state index contributed by atoms with van der Waals surface area (Å²) in [6, 6.07) is 0. The summed E-state index contributed by atoms with van der Waals surface area (Å²) in [6.07, 6.45) is 4.17. The highest BCUT2D eigenvalue weighted by Crippen LogP contribution is 2.30. The van der Waals surface area contributed by atoms with Crippen LogP contribution in [0.5, 0.6) is 0 Å². The average Bonchev–Trinajstić information content (AvgIpc) is 2.01. The first-order valence-electron chi connectivity index (χ1n) is 5.43. The number of hydrogen-bond donors (Lipinski definition) is 0. The summed E-state index contributed by atoms with van der Waals surface area (Å²) in [6.45, 7) is 7.78. The van der Waals surface area contributed by atoms with E-state index in [4.69, 9.17) is 0 Å². The van der Waals surface area contributed by atoms with Crippen LogP contribution in [0.1, 0.15) is 47.0 Å². The SMILES string of the molecule is C/C=C/C(F)(F)CC(CC)CC(C)C. The molecule has 1 atom stereocenters. The molecule has 0 aromatic carbocycles. The molecule has 0 heterocycles. The molecule has 0 saturated heterocycles. The van der Waals surface area contributed by atoms with Crippen molar-refractivity contribution in [3.8, 4) is 0 Å². The number of alkyl halides is 2. The van der Waals surface area contributed by atoms with Gasteiger partial charge in [-0.05, 0) is 31.3 Å². The van der Waals surface area contributed by atoms with E-state index in [0.29, 0.717) is 5.92 Å². The highest BCUT2D eigenvalue weighted by Gasteiger charge is 2.28. The molecular weight excluding hydrogens is 182 g/mol. The Bertz CT molecular complexity index is 171. The minimum absolute atomic E-state index is 0.00792. The molecule has 0 nitrogen and oxygen atoms in total. The summed E-state index contributed by atoms with van der Waals surface area (Å²) < 4.78 is 26.4. The second kappa shape index (κ2) is 6.15. The Balaban J connectivity index is 4.16. The molecule has 2 heteroatoms. The molecule has 0 aliphatic rings. The Morgan fingerprint density at radius 1 is 1.29 bits per heavy atom. The van der Waals surface area contributed by atoms with E-state index < -0.39 is 5.92 Å². The Morgan fingerprint density at radius 2 is 1.86 bits per heavy atom. The number of allylic oxidation sites excluding steroid dienone is 2. The molecule has 0 aromatic rings. The molecule has 14 heavy (non-hydrogen) atoms. The van der Waals surface area contributed by atoms with Crippen LogP contribution in [0.3, 0.4) is 0 Å².